The fourth-order valence-electron chi connectivity index (χ4n) is 1.88. The van der Waals surface area contributed by atoms with Crippen molar-refractivity contribution in [1.29, 1.82) is 0 Å². The predicted molar refractivity (Wildman–Crippen MR) is 79.2 cm³/mol. The highest BCUT2D eigenvalue weighted by molar-refractivity contribution is 5.07. The fraction of sp³-hybridized carbons (Fsp3) is 0.667. The first-order valence-corrected chi connectivity index (χ1v) is 7.19. The number of hydrogen-bond acceptors (Lipinski definition) is 4. The molecule has 0 amide bonds. The summed E-state index contributed by atoms with van der Waals surface area (Å²) in [5.41, 5.74) is 1.27. The molecular formula is C15H27N3O. The van der Waals surface area contributed by atoms with E-state index < -0.39 is 0 Å². The second-order valence-electron chi connectivity index (χ2n) is 4.75. The molecule has 4 nitrogen and oxygen atoms in total. The molecule has 0 aliphatic rings. The maximum absolute atomic E-state index is 5.30. The Bertz CT molecular complexity index is 306. The van der Waals surface area contributed by atoms with Crippen molar-refractivity contribution in [3.8, 4) is 0 Å². The molecule has 1 rings (SSSR count). The monoisotopic (exact) mass is 265 g/mol. The van der Waals surface area contributed by atoms with Gasteiger partial charge in [0.15, 0.2) is 0 Å². The first kappa shape index (κ1) is 16.1. The summed E-state index contributed by atoms with van der Waals surface area (Å²) in [6.45, 7) is 7.88. The van der Waals surface area contributed by atoms with Crippen LogP contribution in [0.1, 0.15) is 25.3 Å². The van der Waals surface area contributed by atoms with Gasteiger partial charge in [0.05, 0.1) is 0 Å². The van der Waals surface area contributed by atoms with Crippen molar-refractivity contribution in [3.63, 3.8) is 0 Å². The van der Waals surface area contributed by atoms with E-state index in [0.717, 1.165) is 45.8 Å². The molecule has 0 aromatic carbocycles. The van der Waals surface area contributed by atoms with Gasteiger partial charge in [-0.15, -0.1) is 0 Å². The van der Waals surface area contributed by atoms with Crippen LogP contribution in [0.3, 0.4) is 0 Å². The third-order valence-electron chi connectivity index (χ3n) is 2.94. The summed E-state index contributed by atoms with van der Waals surface area (Å²) < 4.78 is 5.30. The maximum atomic E-state index is 5.30. The van der Waals surface area contributed by atoms with Crippen LogP contribution in [0.4, 0.5) is 0 Å². The zero-order valence-electron chi connectivity index (χ0n) is 12.3. The first-order chi connectivity index (χ1) is 9.33. The molecule has 1 heterocycles. The lowest BCUT2D eigenvalue weighted by Gasteiger charge is -2.16. The lowest BCUT2D eigenvalue weighted by atomic mass is 10.3. The van der Waals surface area contributed by atoms with E-state index >= 15 is 0 Å². The molecule has 19 heavy (non-hydrogen) atoms. The van der Waals surface area contributed by atoms with Crippen LogP contribution in [-0.4, -0.2) is 49.8 Å². The standard InChI is InChI=1S/C15H27N3O/c1-3-19-12-5-4-8-16-10-11-18(2)14-15-7-6-9-17-13-15/h6-7,9,13,16H,3-5,8,10-12,14H2,1-2H3. The van der Waals surface area contributed by atoms with E-state index in [2.05, 4.69) is 28.3 Å². The molecule has 1 N–H and O–H groups in total. The van der Waals surface area contributed by atoms with Gasteiger partial charge in [-0.3, -0.25) is 4.98 Å². The SMILES string of the molecule is CCOCCCCNCCN(C)Cc1cccnc1. The summed E-state index contributed by atoms with van der Waals surface area (Å²) >= 11 is 0. The number of rotatable bonds is 11. The Labute approximate surface area is 117 Å². The highest BCUT2D eigenvalue weighted by Crippen LogP contribution is 1.99. The van der Waals surface area contributed by atoms with Crippen LogP contribution in [-0.2, 0) is 11.3 Å². The molecule has 0 spiro atoms. The number of aromatic nitrogens is 1. The van der Waals surface area contributed by atoms with Crippen LogP contribution in [0.15, 0.2) is 24.5 Å². The van der Waals surface area contributed by atoms with Crippen molar-refractivity contribution in [2.24, 2.45) is 0 Å². The van der Waals surface area contributed by atoms with E-state index in [1.54, 1.807) is 0 Å². The number of unbranched alkanes of at least 4 members (excludes halogenated alkanes) is 1. The molecule has 4 heteroatoms. The topological polar surface area (TPSA) is 37.4 Å². The van der Waals surface area contributed by atoms with E-state index in [1.165, 1.54) is 12.0 Å². The van der Waals surface area contributed by atoms with Crippen LogP contribution in [0.25, 0.3) is 0 Å². The quantitative estimate of drug-likeness (QED) is 0.620. The summed E-state index contributed by atoms with van der Waals surface area (Å²) in [7, 11) is 2.14. The van der Waals surface area contributed by atoms with Gasteiger partial charge < -0.3 is 15.0 Å². The van der Waals surface area contributed by atoms with Gasteiger partial charge in [-0.05, 0) is 45.0 Å². The molecule has 108 valence electrons. The highest BCUT2D eigenvalue weighted by Gasteiger charge is 1.99. The van der Waals surface area contributed by atoms with E-state index in [0.29, 0.717) is 0 Å². The first-order valence-electron chi connectivity index (χ1n) is 7.19. The van der Waals surface area contributed by atoms with E-state index in [-0.39, 0.29) is 0 Å². The summed E-state index contributed by atoms with van der Waals surface area (Å²) in [5.74, 6) is 0. The Morgan fingerprint density at radius 3 is 2.95 bits per heavy atom. The molecule has 0 aliphatic heterocycles. The normalized spacial score (nSPS) is 11.1. The van der Waals surface area contributed by atoms with Crippen molar-refractivity contribution in [2.75, 3.05) is 39.9 Å². The van der Waals surface area contributed by atoms with E-state index in [4.69, 9.17) is 4.74 Å². The summed E-state index contributed by atoms with van der Waals surface area (Å²) in [6, 6.07) is 4.10. The van der Waals surface area contributed by atoms with Gasteiger partial charge in [0, 0.05) is 45.2 Å². The Balaban J connectivity index is 1.94. The smallest absolute Gasteiger partial charge is 0.0466 e. The summed E-state index contributed by atoms with van der Waals surface area (Å²) in [6.07, 6.45) is 6.07. The molecule has 0 saturated heterocycles. The van der Waals surface area contributed by atoms with Crippen molar-refractivity contribution in [2.45, 2.75) is 26.3 Å². The van der Waals surface area contributed by atoms with Gasteiger partial charge in [0.25, 0.3) is 0 Å². The minimum atomic E-state index is 0.826. The van der Waals surface area contributed by atoms with Crippen LogP contribution in [0, 0.1) is 0 Å². The Hall–Kier alpha value is -0.970. The highest BCUT2D eigenvalue weighted by atomic mass is 16.5. The Morgan fingerprint density at radius 2 is 2.21 bits per heavy atom. The minimum absolute atomic E-state index is 0.826. The fourth-order valence-corrected chi connectivity index (χ4v) is 1.88. The van der Waals surface area contributed by atoms with Gasteiger partial charge >= 0.3 is 0 Å². The predicted octanol–water partition coefficient (Wildman–Crippen LogP) is 1.92. The van der Waals surface area contributed by atoms with Crippen molar-refractivity contribution < 1.29 is 4.74 Å². The number of nitrogens with zero attached hydrogens (tertiary/aromatic N) is 2. The van der Waals surface area contributed by atoms with Crippen molar-refractivity contribution >= 4 is 0 Å². The Kier molecular flexibility index (Phi) is 9.23. The summed E-state index contributed by atoms with van der Waals surface area (Å²) in [5, 5.41) is 3.47. The third kappa shape index (κ3) is 8.70. The minimum Gasteiger partial charge on any atom is -0.382 e. The molecule has 0 radical (unpaired) electrons. The van der Waals surface area contributed by atoms with Crippen LogP contribution in [0.2, 0.25) is 0 Å². The van der Waals surface area contributed by atoms with Gasteiger partial charge in [-0.2, -0.15) is 0 Å². The van der Waals surface area contributed by atoms with Gasteiger partial charge in [0.1, 0.15) is 0 Å². The van der Waals surface area contributed by atoms with Gasteiger partial charge in [0.2, 0.25) is 0 Å². The molecule has 0 fully saturated rings. The number of ether oxygens (including phenoxy) is 1. The molecule has 1 aromatic rings. The average molecular weight is 265 g/mol. The Morgan fingerprint density at radius 1 is 1.32 bits per heavy atom. The zero-order valence-corrected chi connectivity index (χ0v) is 12.3. The van der Waals surface area contributed by atoms with Crippen LogP contribution >= 0.6 is 0 Å². The van der Waals surface area contributed by atoms with Gasteiger partial charge in [-0.1, -0.05) is 6.07 Å². The molecule has 0 saturated carbocycles. The molecular weight excluding hydrogens is 238 g/mol. The van der Waals surface area contributed by atoms with Crippen molar-refractivity contribution in [1.82, 2.24) is 15.2 Å². The average Bonchev–Trinajstić information content (AvgIpc) is 2.43. The van der Waals surface area contributed by atoms with E-state index in [9.17, 15) is 0 Å². The largest absolute Gasteiger partial charge is 0.382 e. The van der Waals surface area contributed by atoms with Crippen LogP contribution < -0.4 is 5.32 Å². The van der Waals surface area contributed by atoms with E-state index in [1.807, 2.05) is 25.4 Å². The number of hydrogen-bond donors (Lipinski definition) is 1. The molecule has 0 bridgehead atoms. The molecule has 0 aliphatic carbocycles. The second-order valence-corrected chi connectivity index (χ2v) is 4.75. The number of likely N-dealkylation sites (N-methyl/N-ethyl adjacent to an activating group) is 1. The van der Waals surface area contributed by atoms with Crippen LogP contribution in [0.5, 0.6) is 0 Å². The summed E-state index contributed by atoms with van der Waals surface area (Å²) in [4.78, 5) is 6.44. The molecule has 1 aromatic heterocycles. The zero-order chi connectivity index (χ0) is 13.8. The lowest BCUT2D eigenvalue weighted by molar-refractivity contribution is 0.143. The lowest BCUT2D eigenvalue weighted by Crippen LogP contribution is -2.29. The van der Waals surface area contributed by atoms with Crippen molar-refractivity contribution in [3.05, 3.63) is 30.1 Å². The molecule has 0 unspecified atom stereocenters. The van der Waals surface area contributed by atoms with Gasteiger partial charge in [-0.25, -0.2) is 0 Å². The third-order valence-corrected chi connectivity index (χ3v) is 2.94. The number of nitrogens with one attached hydrogen (secondary N) is 1. The maximum Gasteiger partial charge on any atom is 0.0466 e. The number of pyridine rings is 1. The molecule has 0 atom stereocenters. The second kappa shape index (κ2) is 10.9.